The number of hydrogen-bond acceptors (Lipinski definition) is 6. The van der Waals surface area contributed by atoms with Crippen molar-refractivity contribution in [3.05, 3.63) is 111 Å². The molecule has 1 heterocycles. The van der Waals surface area contributed by atoms with Gasteiger partial charge in [-0.3, -0.25) is 19.5 Å². The molecule has 37 heavy (non-hydrogen) atoms. The van der Waals surface area contributed by atoms with Gasteiger partial charge in [0.2, 0.25) is 0 Å². The molecule has 4 rings (SSSR count). The number of aromatic hydroxyl groups is 1. The Hall–Kier alpha value is -4.79. The van der Waals surface area contributed by atoms with Gasteiger partial charge in [0.05, 0.1) is 23.0 Å². The number of nitrogens with zero attached hydrogens (tertiary/aromatic N) is 2. The smallest absolute Gasteiger partial charge is 0.295 e. The molecule has 9 nitrogen and oxygen atoms in total. The summed E-state index contributed by atoms with van der Waals surface area (Å²) in [7, 11) is 3.15. The van der Waals surface area contributed by atoms with E-state index in [9.17, 15) is 19.5 Å². The van der Waals surface area contributed by atoms with Crippen LogP contribution in [0.2, 0.25) is 0 Å². The second-order valence-electron chi connectivity index (χ2n) is 8.71. The molecule has 0 saturated heterocycles. The number of nitrogens with one attached hydrogen (secondary N) is 3. The molecule has 1 atom stereocenters. The lowest BCUT2D eigenvalue weighted by Crippen LogP contribution is -2.33. The summed E-state index contributed by atoms with van der Waals surface area (Å²) in [5.41, 5.74) is 0.488. The Kier molecular flexibility index (Phi) is 7.43. The molecule has 0 aliphatic carbocycles. The van der Waals surface area contributed by atoms with Gasteiger partial charge in [0.25, 0.3) is 17.0 Å². The fourth-order valence-corrected chi connectivity index (χ4v) is 4.03. The first-order valence-electron chi connectivity index (χ1n) is 11.9. The first kappa shape index (κ1) is 25.3. The van der Waals surface area contributed by atoms with Crippen molar-refractivity contribution in [3.63, 3.8) is 0 Å². The van der Waals surface area contributed by atoms with Crippen molar-refractivity contribution in [2.24, 2.45) is 0 Å². The van der Waals surface area contributed by atoms with E-state index in [2.05, 4.69) is 15.7 Å². The highest BCUT2D eigenvalue weighted by Crippen LogP contribution is 2.32. The molecule has 4 N–H and O–H groups in total. The summed E-state index contributed by atoms with van der Waals surface area (Å²) in [4.78, 5) is 41.0. The summed E-state index contributed by atoms with van der Waals surface area (Å²) in [6.07, 6.45) is 0.642. The SMILES string of the molecule is CC[C@@H](Nc1c(Nc2cccc(C(=O)N(C)C)c2O)c(=O)n(-c2ccccc2)[nH]c1=O)c1ccccc1. The van der Waals surface area contributed by atoms with Crippen molar-refractivity contribution in [2.75, 3.05) is 24.7 Å². The average molecular weight is 500 g/mol. The van der Waals surface area contributed by atoms with Crippen molar-refractivity contribution in [1.82, 2.24) is 14.7 Å². The third-order valence-electron chi connectivity index (χ3n) is 5.98. The van der Waals surface area contributed by atoms with Crippen molar-refractivity contribution >= 4 is 23.0 Å². The van der Waals surface area contributed by atoms with Crippen LogP contribution in [0.15, 0.2) is 88.5 Å². The lowest BCUT2D eigenvalue weighted by molar-refractivity contribution is 0.0824. The first-order valence-corrected chi connectivity index (χ1v) is 11.9. The Balaban J connectivity index is 1.88. The number of hydrogen-bond donors (Lipinski definition) is 4. The number of amides is 1. The molecule has 0 unspecified atom stereocenters. The van der Waals surface area contributed by atoms with Crippen molar-refractivity contribution < 1.29 is 9.90 Å². The zero-order chi connectivity index (χ0) is 26.5. The number of H-pyrrole nitrogens is 1. The molecule has 0 aliphatic rings. The Labute approximate surface area is 214 Å². The summed E-state index contributed by atoms with van der Waals surface area (Å²) in [6, 6.07) is 22.7. The van der Waals surface area contributed by atoms with Crippen molar-refractivity contribution in [1.29, 1.82) is 0 Å². The van der Waals surface area contributed by atoms with Gasteiger partial charge in [-0.2, -0.15) is 0 Å². The third-order valence-corrected chi connectivity index (χ3v) is 5.98. The molecular formula is C28H29N5O4. The van der Waals surface area contributed by atoms with Gasteiger partial charge in [-0.15, -0.1) is 0 Å². The van der Waals surface area contributed by atoms with E-state index in [0.29, 0.717) is 12.1 Å². The van der Waals surface area contributed by atoms with Crippen LogP contribution in [0.5, 0.6) is 5.75 Å². The molecule has 0 aliphatic heterocycles. The van der Waals surface area contributed by atoms with Gasteiger partial charge in [0.1, 0.15) is 11.4 Å². The van der Waals surface area contributed by atoms with Crippen LogP contribution >= 0.6 is 0 Å². The molecule has 0 fully saturated rings. The quantitative estimate of drug-likeness (QED) is 0.269. The van der Waals surface area contributed by atoms with E-state index >= 15 is 0 Å². The maximum atomic E-state index is 13.7. The highest BCUT2D eigenvalue weighted by molar-refractivity contribution is 5.98. The number of anilines is 3. The largest absolute Gasteiger partial charge is 0.505 e. The first-order chi connectivity index (χ1) is 17.8. The summed E-state index contributed by atoms with van der Waals surface area (Å²) in [5.74, 6) is -0.726. The van der Waals surface area contributed by atoms with Gasteiger partial charge < -0.3 is 20.6 Å². The van der Waals surface area contributed by atoms with Crippen LogP contribution in [0.4, 0.5) is 17.1 Å². The van der Waals surface area contributed by atoms with E-state index in [-0.39, 0.29) is 34.4 Å². The highest BCUT2D eigenvalue weighted by atomic mass is 16.3. The number of phenolic OH excluding ortho intramolecular Hbond substituents is 1. The minimum absolute atomic E-state index is 0.0247. The monoisotopic (exact) mass is 499 g/mol. The van der Waals surface area contributed by atoms with Crippen LogP contribution in [0, 0.1) is 0 Å². The van der Waals surface area contributed by atoms with Crippen LogP contribution in [0.3, 0.4) is 0 Å². The maximum absolute atomic E-state index is 13.7. The molecule has 3 aromatic carbocycles. The number of benzene rings is 3. The molecule has 0 radical (unpaired) electrons. The Bertz CT molecular complexity index is 1510. The Morgan fingerprint density at radius 2 is 1.59 bits per heavy atom. The molecule has 1 amide bonds. The summed E-state index contributed by atoms with van der Waals surface area (Å²) in [6.45, 7) is 1.97. The number of aromatic amines is 1. The van der Waals surface area contributed by atoms with E-state index in [4.69, 9.17) is 0 Å². The maximum Gasteiger partial charge on any atom is 0.295 e. The topological polar surface area (TPSA) is 119 Å². The van der Waals surface area contributed by atoms with Gasteiger partial charge in [-0.05, 0) is 36.2 Å². The number of para-hydroxylation sites is 2. The zero-order valence-corrected chi connectivity index (χ0v) is 20.9. The number of carbonyl (C=O) groups excluding carboxylic acids is 1. The van der Waals surface area contributed by atoms with Crippen LogP contribution in [0.1, 0.15) is 35.3 Å². The van der Waals surface area contributed by atoms with E-state index in [1.807, 2.05) is 37.3 Å². The number of phenols is 1. The molecule has 0 saturated carbocycles. The number of aromatic nitrogens is 2. The van der Waals surface area contributed by atoms with E-state index in [1.54, 1.807) is 50.5 Å². The van der Waals surface area contributed by atoms with Crippen molar-refractivity contribution in [3.8, 4) is 11.4 Å². The summed E-state index contributed by atoms with van der Waals surface area (Å²) < 4.78 is 1.14. The predicted molar refractivity (Wildman–Crippen MR) is 145 cm³/mol. The number of rotatable bonds is 8. The van der Waals surface area contributed by atoms with E-state index in [0.717, 1.165) is 10.2 Å². The molecule has 4 aromatic rings. The predicted octanol–water partition coefficient (Wildman–Crippen LogP) is 4.24. The second-order valence-corrected chi connectivity index (χ2v) is 8.71. The van der Waals surface area contributed by atoms with Gasteiger partial charge in [-0.1, -0.05) is 61.5 Å². The van der Waals surface area contributed by atoms with Gasteiger partial charge >= 0.3 is 0 Å². The highest BCUT2D eigenvalue weighted by Gasteiger charge is 2.22. The molecule has 0 bridgehead atoms. The minimum Gasteiger partial charge on any atom is -0.505 e. The van der Waals surface area contributed by atoms with Crippen LogP contribution in [-0.2, 0) is 0 Å². The Morgan fingerprint density at radius 1 is 0.946 bits per heavy atom. The zero-order valence-electron chi connectivity index (χ0n) is 20.9. The normalized spacial score (nSPS) is 11.5. The number of carbonyl (C=O) groups is 1. The second kappa shape index (κ2) is 10.9. The summed E-state index contributed by atoms with van der Waals surface area (Å²) in [5, 5.41) is 19.7. The lowest BCUT2D eigenvalue weighted by atomic mass is 10.0. The van der Waals surface area contributed by atoms with Crippen LogP contribution in [-0.4, -0.2) is 39.8 Å². The van der Waals surface area contributed by atoms with Crippen LogP contribution < -0.4 is 21.8 Å². The van der Waals surface area contributed by atoms with E-state index in [1.165, 1.54) is 17.0 Å². The van der Waals surface area contributed by atoms with E-state index < -0.39 is 17.0 Å². The third kappa shape index (κ3) is 5.25. The Morgan fingerprint density at radius 3 is 2.22 bits per heavy atom. The standard InChI is InChI=1S/C28H29N5O4/c1-4-21(18-12-7-5-8-13-18)29-23-24(28(37)33(31-26(23)35)19-14-9-6-10-15-19)30-22-17-11-16-20(25(22)34)27(36)32(2)3/h5-17,21,29-30,34H,4H2,1-3H3,(H,31,35)/t21-/m1/s1. The van der Waals surface area contributed by atoms with Gasteiger partial charge in [0.15, 0.2) is 5.75 Å². The fourth-order valence-electron chi connectivity index (χ4n) is 4.03. The van der Waals surface area contributed by atoms with Gasteiger partial charge in [0, 0.05) is 14.1 Å². The lowest BCUT2D eigenvalue weighted by Gasteiger charge is -2.22. The molecule has 1 aromatic heterocycles. The molecule has 0 spiro atoms. The summed E-state index contributed by atoms with van der Waals surface area (Å²) >= 11 is 0. The fraction of sp³-hybridized carbons (Fsp3) is 0.179. The molecular weight excluding hydrogens is 470 g/mol. The minimum atomic E-state index is -0.542. The molecule has 9 heteroatoms. The van der Waals surface area contributed by atoms with Crippen molar-refractivity contribution in [2.45, 2.75) is 19.4 Å². The van der Waals surface area contributed by atoms with Gasteiger partial charge in [-0.25, -0.2) is 4.68 Å². The van der Waals surface area contributed by atoms with Crippen LogP contribution in [0.25, 0.3) is 5.69 Å². The average Bonchev–Trinajstić information content (AvgIpc) is 2.91. The molecule has 190 valence electrons.